The Morgan fingerprint density at radius 2 is 1.86 bits per heavy atom. The second-order valence-electron chi connectivity index (χ2n) is 6.82. The molecule has 1 saturated heterocycles. The number of hydrogen-bond donors (Lipinski definition) is 0. The van der Waals surface area contributed by atoms with E-state index in [2.05, 4.69) is 0 Å². The van der Waals surface area contributed by atoms with Crippen molar-refractivity contribution in [2.75, 3.05) is 31.2 Å². The van der Waals surface area contributed by atoms with Crippen molar-refractivity contribution in [2.24, 2.45) is 0 Å². The molecular weight excluding hydrogens is 419 g/mol. The van der Waals surface area contributed by atoms with Crippen LogP contribution in [0.3, 0.4) is 0 Å². The lowest BCUT2D eigenvalue weighted by Crippen LogP contribution is -2.43. The van der Waals surface area contributed by atoms with Gasteiger partial charge in [-0.05, 0) is 42.8 Å². The Bertz CT molecular complexity index is 1130. The van der Waals surface area contributed by atoms with Crippen LogP contribution in [-0.4, -0.2) is 45.5 Å². The maximum absolute atomic E-state index is 14.0. The molecule has 2 heterocycles. The van der Waals surface area contributed by atoms with Gasteiger partial charge in [-0.25, -0.2) is 12.8 Å². The van der Waals surface area contributed by atoms with Crippen LogP contribution >= 0.6 is 11.6 Å². The molecule has 152 valence electrons. The van der Waals surface area contributed by atoms with Gasteiger partial charge in [0.25, 0.3) is 5.91 Å². The van der Waals surface area contributed by atoms with Gasteiger partial charge in [-0.15, -0.1) is 0 Å². The van der Waals surface area contributed by atoms with E-state index in [1.807, 2.05) is 6.92 Å². The Morgan fingerprint density at radius 3 is 2.55 bits per heavy atom. The number of ether oxygens (including phenoxy) is 1. The molecule has 4 rings (SSSR count). The molecule has 0 aliphatic carbocycles. The molecule has 6 nitrogen and oxygen atoms in total. The Hall–Kier alpha value is -2.42. The van der Waals surface area contributed by atoms with Gasteiger partial charge < -0.3 is 14.5 Å². The Balaban J connectivity index is 1.89. The van der Waals surface area contributed by atoms with Crippen LogP contribution in [0, 0.1) is 12.7 Å². The first kappa shape index (κ1) is 19.9. The SMILES string of the molecule is Cc1ccc(N2C=C(C(=O)N3CCOCC3)S(=O)(=O)c3ccc(F)cc32)cc1Cl. The van der Waals surface area contributed by atoms with Gasteiger partial charge in [-0.2, -0.15) is 0 Å². The van der Waals surface area contributed by atoms with Crippen molar-refractivity contribution in [3.8, 4) is 0 Å². The number of morpholine rings is 1. The monoisotopic (exact) mass is 436 g/mol. The second kappa shape index (κ2) is 7.44. The van der Waals surface area contributed by atoms with E-state index in [0.29, 0.717) is 37.0 Å². The van der Waals surface area contributed by atoms with Crippen molar-refractivity contribution in [1.82, 2.24) is 4.90 Å². The number of anilines is 2. The van der Waals surface area contributed by atoms with E-state index < -0.39 is 21.6 Å². The summed E-state index contributed by atoms with van der Waals surface area (Å²) >= 11 is 6.24. The van der Waals surface area contributed by atoms with Crippen LogP contribution in [0.2, 0.25) is 5.02 Å². The van der Waals surface area contributed by atoms with Crippen molar-refractivity contribution in [1.29, 1.82) is 0 Å². The van der Waals surface area contributed by atoms with Gasteiger partial charge in [-0.1, -0.05) is 17.7 Å². The first-order valence-electron chi connectivity index (χ1n) is 8.98. The molecule has 1 fully saturated rings. The van der Waals surface area contributed by atoms with Crippen LogP contribution in [0.15, 0.2) is 52.4 Å². The molecule has 0 atom stereocenters. The molecule has 0 saturated carbocycles. The largest absolute Gasteiger partial charge is 0.378 e. The lowest BCUT2D eigenvalue weighted by Gasteiger charge is -2.32. The summed E-state index contributed by atoms with van der Waals surface area (Å²) in [5, 5.41) is 0.475. The summed E-state index contributed by atoms with van der Waals surface area (Å²) in [5.41, 5.74) is 1.49. The molecule has 2 aliphatic heterocycles. The average molecular weight is 437 g/mol. The topological polar surface area (TPSA) is 66.9 Å². The van der Waals surface area contributed by atoms with Gasteiger partial charge in [0.2, 0.25) is 9.84 Å². The molecule has 0 aromatic heterocycles. The van der Waals surface area contributed by atoms with Crippen molar-refractivity contribution >= 4 is 38.7 Å². The Kier molecular flexibility index (Phi) is 5.10. The molecule has 29 heavy (non-hydrogen) atoms. The molecular formula is C20H18ClFN2O4S. The summed E-state index contributed by atoms with van der Waals surface area (Å²) in [6.45, 7) is 3.14. The Labute approximate surface area is 173 Å². The summed E-state index contributed by atoms with van der Waals surface area (Å²) < 4.78 is 45.6. The van der Waals surface area contributed by atoms with Crippen LogP contribution in [0.5, 0.6) is 0 Å². The van der Waals surface area contributed by atoms with E-state index in [0.717, 1.165) is 17.7 Å². The van der Waals surface area contributed by atoms with E-state index in [-0.39, 0.29) is 15.5 Å². The maximum Gasteiger partial charge on any atom is 0.267 e. The minimum atomic E-state index is -4.12. The van der Waals surface area contributed by atoms with Gasteiger partial charge in [0.1, 0.15) is 5.82 Å². The third-order valence-corrected chi connectivity index (χ3v) is 7.14. The van der Waals surface area contributed by atoms with E-state index in [1.54, 1.807) is 18.2 Å². The lowest BCUT2D eigenvalue weighted by molar-refractivity contribution is -0.130. The predicted octanol–water partition coefficient (Wildman–Crippen LogP) is 3.41. The number of rotatable bonds is 2. The Morgan fingerprint density at radius 1 is 1.14 bits per heavy atom. The normalized spacial score (nSPS) is 18.2. The smallest absolute Gasteiger partial charge is 0.267 e. The zero-order chi connectivity index (χ0) is 20.8. The molecule has 0 bridgehead atoms. The van der Waals surface area contributed by atoms with Crippen LogP contribution in [0.25, 0.3) is 0 Å². The van der Waals surface area contributed by atoms with Gasteiger partial charge in [0, 0.05) is 30.0 Å². The van der Waals surface area contributed by atoms with Crippen molar-refractivity contribution in [3.05, 3.63) is 63.9 Å². The number of nitrogens with zero attached hydrogens (tertiary/aromatic N) is 2. The first-order chi connectivity index (χ1) is 13.8. The molecule has 2 aliphatic rings. The third-order valence-electron chi connectivity index (χ3n) is 4.95. The molecule has 1 amide bonds. The quantitative estimate of drug-likeness (QED) is 0.675. The lowest BCUT2D eigenvalue weighted by atomic mass is 10.2. The highest BCUT2D eigenvalue weighted by Crippen LogP contribution is 2.41. The first-order valence-corrected chi connectivity index (χ1v) is 10.8. The summed E-state index contributed by atoms with van der Waals surface area (Å²) in [4.78, 5) is 15.5. The van der Waals surface area contributed by atoms with Crippen LogP contribution < -0.4 is 4.90 Å². The van der Waals surface area contributed by atoms with Gasteiger partial charge >= 0.3 is 0 Å². The van der Waals surface area contributed by atoms with E-state index >= 15 is 0 Å². The number of benzene rings is 2. The summed E-state index contributed by atoms with van der Waals surface area (Å²) in [6, 6.07) is 8.55. The number of hydrogen-bond acceptors (Lipinski definition) is 5. The average Bonchev–Trinajstić information content (AvgIpc) is 2.70. The fraction of sp³-hybridized carbons (Fsp3) is 0.250. The van der Waals surface area contributed by atoms with E-state index in [4.69, 9.17) is 16.3 Å². The number of carbonyl (C=O) groups excluding carboxylic acids is 1. The predicted molar refractivity (Wildman–Crippen MR) is 107 cm³/mol. The van der Waals surface area contributed by atoms with Gasteiger partial charge in [-0.3, -0.25) is 4.79 Å². The molecule has 0 unspecified atom stereocenters. The number of aryl methyl sites for hydroxylation is 1. The van der Waals surface area contributed by atoms with Gasteiger partial charge in [0.15, 0.2) is 4.91 Å². The van der Waals surface area contributed by atoms with Crippen molar-refractivity contribution in [3.63, 3.8) is 0 Å². The summed E-state index contributed by atoms with van der Waals surface area (Å²) in [5.74, 6) is -1.19. The third kappa shape index (κ3) is 3.52. The van der Waals surface area contributed by atoms with Gasteiger partial charge in [0.05, 0.1) is 23.8 Å². The summed E-state index contributed by atoms with van der Waals surface area (Å²) in [7, 11) is -4.12. The fourth-order valence-electron chi connectivity index (χ4n) is 3.32. The van der Waals surface area contributed by atoms with Crippen LogP contribution in [0.1, 0.15) is 5.56 Å². The highest BCUT2D eigenvalue weighted by Gasteiger charge is 2.38. The minimum Gasteiger partial charge on any atom is -0.378 e. The number of amides is 1. The highest BCUT2D eigenvalue weighted by molar-refractivity contribution is 7.96. The number of sulfone groups is 1. The second-order valence-corrected chi connectivity index (χ2v) is 9.11. The van der Waals surface area contributed by atoms with Crippen molar-refractivity contribution in [2.45, 2.75) is 11.8 Å². The highest BCUT2D eigenvalue weighted by atomic mass is 35.5. The number of fused-ring (bicyclic) bond motifs is 1. The minimum absolute atomic E-state index is 0.128. The van der Waals surface area contributed by atoms with E-state index in [1.165, 1.54) is 22.1 Å². The molecule has 0 spiro atoms. The zero-order valence-electron chi connectivity index (χ0n) is 15.6. The molecule has 9 heteroatoms. The molecule has 0 radical (unpaired) electrons. The number of halogens is 2. The van der Waals surface area contributed by atoms with Crippen LogP contribution in [-0.2, 0) is 19.4 Å². The molecule has 0 N–H and O–H groups in total. The van der Waals surface area contributed by atoms with Crippen molar-refractivity contribution < 1.29 is 22.3 Å². The molecule has 2 aromatic carbocycles. The van der Waals surface area contributed by atoms with E-state index in [9.17, 15) is 17.6 Å². The maximum atomic E-state index is 14.0. The summed E-state index contributed by atoms with van der Waals surface area (Å²) in [6.07, 6.45) is 1.25. The fourth-order valence-corrected chi connectivity index (χ4v) is 5.01. The number of carbonyl (C=O) groups is 1. The van der Waals surface area contributed by atoms with Crippen LogP contribution in [0.4, 0.5) is 15.8 Å². The standard InChI is InChI=1S/C20H18ClFN2O4S/c1-13-2-4-15(11-16(13)21)24-12-19(20(25)23-6-8-28-9-7-23)29(26,27)18-5-3-14(22)10-17(18)24/h2-5,10-12H,6-9H2,1H3. The zero-order valence-corrected chi connectivity index (χ0v) is 17.1. The molecule has 2 aromatic rings.